The zero-order valence-electron chi connectivity index (χ0n) is 15.4. The van der Waals surface area contributed by atoms with Gasteiger partial charge >= 0.3 is 0 Å². The number of aromatic nitrogens is 1. The van der Waals surface area contributed by atoms with E-state index in [4.69, 9.17) is 23.4 Å². The number of ketones is 1. The Morgan fingerprint density at radius 3 is 2.07 bits per heavy atom. The van der Waals surface area contributed by atoms with E-state index in [2.05, 4.69) is 4.98 Å². The number of oxazole rings is 1. The maximum atomic E-state index is 13.2. The van der Waals surface area contributed by atoms with Crippen LogP contribution in [0.3, 0.4) is 0 Å². The van der Waals surface area contributed by atoms with Gasteiger partial charge in [-0.15, -0.1) is 0 Å². The molecule has 0 amide bonds. The summed E-state index contributed by atoms with van der Waals surface area (Å²) < 4.78 is 26.6. The Bertz CT molecular complexity index is 924. The van der Waals surface area contributed by atoms with Crippen LogP contribution in [-0.2, 0) is 0 Å². The third-order valence-electron chi connectivity index (χ3n) is 4.05. The molecule has 0 saturated carbocycles. The Balaban J connectivity index is 2.11. The minimum Gasteiger partial charge on any atom is -0.496 e. The summed E-state index contributed by atoms with van der Waals surface area (Å²) in [5.74, 6) is 1.78. The quantitative estimate of drug-likeness (QED) is 0.589. The van der Waals surface area contributed by atoms with E-state index in [1.54, 1.807) is 36.5 Å². The monoisotopic (exact) mass is 369 g/mol. The molecule has 0 aliphatic rings. The van der Waals surface area contributed by atoms with Crippen LogP contribution in [0.15, 0.2) is 47.2 Å². The largest absolute Gasteiger partial charge is 0.496 e. The molecule has 3 rings (SSSR count). The molecule has 140 valence electrons. The molecule has 7 heteroatoms. The van der Waals surface area contributed by atoms with Crippen LogP contribution in [0.1, 0.15) is 15.9 Å². The topological polar surface area (TPSA) is 80.0 Å². The zero-order chi connectivity index (χ0) is 19.4. The number of nitrogens with zero attached hydrogens (tertiary/aromatic N) is 1. The van der Waals surface area contributed by atoms with Gasteiger partial charge in [-0.05, 0) is 30.3 Å². The molecule has 0 atom stereocenters. The molecular weight excluding hydrogens is 350 g/mol. The van der Waals surface area contributed by atoms with E-state index in [0.717, 1.165) is 0 Å². The third-order valence-corrected chi connectivity index (χ3v) is 4.05. The predicted octanol–water partition coefficient (Wildman–Crippen LogP) is 3.61. The summed E-state index contributed by atoms with van der Waals surface area (Å²) in [6, 6.07) is 8.35. The van der Waals surface area contributed by atoms with E-state index in [9.17, 15) is 4.79 Å². The first-order valence-corrected chi connectivity index (χ1v) is 8.05. The summed E-state index contributed by atoms with van der Waals surface area (Å²) in [5.41, 5.74) is 1.39. The van der Waals surface area contributed by atoms with Crippen LogP contribution in [-0.4, -0.2) is 39.2 Å². The van der Waals surface area contributed by atoms with Gasteiger partial charge in [-0.2, -0.15) is 0 Å². The molecule has 3 aromatic rings. The highest BCUT2D eigenvalue weighted by atomic mass is 16.5. The summed E-state index contributed by atoms with van der Waals surface area (Å²) in [7, 11) is 6.00. The van der Waals surface area contributed by atoms with Crippen LogP contribution in [0, 0.1) is 0 Å². The Labute approximate surface area is 156 Å². The SMILES string of the molecule is COc1ccc(-c2ncco2)cc1C(=O)c1cc(OC)c(OC)c(OC)c1. The van der Waals surface area contributed by atoms with Crippen LogP contribution in [0.2, 0.25) is 0 Å². The van der Waals surface area contributed by atoms with Crippen molar-refractivity contribution in [1.82, 2.24) is 4.98 Å². The van der Waals surface area contributed by atoms with Gasteiger partial charge in [0.2, 0.25) is 11.6 Å². The summed E-state index contributed by atoms with van der Waals surface area (Å²) >= 11 is 0. The van der Waals surface area contributed by atoms with Crippen LogP contribution >= 0.6 is 0 Å². The van der Waals surface area contributed by atoms with Crippen molar-refractivity contribution < 1.29 is 28.2 Å². The van der Waals surface area contributed by atoms with Crippen LogP contribution in [0.4, 0.5) is 0 Å². The highest BCUT2D eigenvalue weighted by Crippen LogP contribution is 2.39. The molecule has 27 heavy (non-hydrogen) atoms. The van der Waals surface area contributed by atoms with Gasteiger partial charge in [0, 0.05) is 11.1 Å². The minimum absolute atomic E-state index is 0.264. The molecule has 0 aliphatic carbocycles. The molecule has 0 spiro atoms. The molecule has 0 N–H and O–H groups in total. The van der Waals surface area contributed by atoms with E-state index in [1.807, 2.05) is 0 Å². The Morgan fingerprint density at radius 2 is 1.56 bits per heavy atom. The lowest BCUT2D eigenvalue weighted by molar-refractivity contribution is 0.103. The number of hydrogen-bond donors (Lipinski definition) is 0. The maximum absolute atomic E-state index is 13.2. The van der Waals surface area contributed by atoms with Crippen molar-refractivity contribution in [2.45, 2.75) is 0 Å². The molecule has 7 nitrogen and oxygen atoms in total. The number of ether oxygens (including phenoxy) is 4. The summed E-state index contributed by atoms with van der Waals surface area (Å²) in [4.78, 5) is 17.3. The normalized spacial score (nSPS) is 10.4. The molecular formula is C20H19NO6. The second-order valence-electron chi connectivity index (χ2n) is 5.50. The Morgan fingerprint density at radius 1 is 0.889 bits per heavy atom. The fraction of sp³-hybridized carbons (Fsp3) is 0.200. The number of carbonyl (C=O) groups is 1. The molecule has 0 fully saturated rings. The van der Waals surface area contributed by atoms with Gasteiger partial charge in [0.05, 0.1) is 40.2 Å². The van der Waals surface area contributed by atoms with Gasteiger partial charge < -0.3 is 23.4 Å². The maximum Gasteiger partial charge on any atom is 0.225 e. The molecule has 1 heterocycles. The Hall–Kier alpha value is -3.48. The lowest BCUT2D eigenvalue weighted by atomic mass is 9.99. The van der Waals surface area contributed by atoms with E-state index in [-0.39, 0.29) is 5.78 Å². The average molecular weight is 369 g/mol. The van der Waals surface area contributed by atoms with Crippen molar-refractivity contribution in [2.24, 2.45) is 0 Å². The Kier molecular flexibility index (Phi) is 5.30. The van der Waals surface area contributed by atoms with Crippen molar-refractivity contribution in [1.29, 1.82) is 0 Å². The lowest BCUT2D eigenvalue weighted by Crippen LogP contribution is -2.06. The van der Waals surface area contributed by atoms with Gasteiger partial charge in [-0.1, -0.05) is 0 Å². The first-order chi connectivity index (χ1) is 13.1. The molecule has 0 saturated heterocycles. The molecule has 0 aliphatic heterocycles. The van der Waals surface area contributed by atoms with Gasteiger partial charge in [-0.3, -0.25) is 4.79 Å². The predicted molar refractivity (Wildman–Crippen MR) is 98.0 cm³/mol. The zero-order valence-corrected chi connectivity index (χ0v) is 15.4. The average Bonchev–Trinajstić information content (AvgIpc) is 3.26. The molecule has 2 aromatic carbocycles. The first kappa shape index (κ1) is 18.3. The second-order valence-corrected chi connectivity index (χ2v) is 5.50. The number of methoxy groups -OCH3 is 4. The molecule has 0 bridgehead atoms. The fourth-order valence-electron chi connectivity index (χ4n) is 2.75. The van der Waals surface area contributed by atoms with E-state index in [0.29, 0.717) is 45.6 Å². The first-order valence-electron chi connectivity index (χ1n) is 8.05. The van der Waals surface area contributed by atoms with E-state index in [1.165, 1.54) is 34.7 Å². The number of hydrogen-bond acceptors (Lipinski definition) is 7. The minimum atomic E-state index is -0.264. The van der Waals surface area contributed by atoms with E-state index >= 15 is 0 Å². The molecule has 0 radical (unpaired) electrons. The summed E-state index contributed by atoms with van der Waals surface area (Å²) in [6.07, 6.45) is 3.01. The standard InChI is InChI=1S/C20H19NO6/c1-23-15-6-5-12(20-21-7-8-27-20)9-14(15)18(22)13-10-16(24-2)19(26-4)17(11-13)25-3/h5-11H,1-4H3. The molecule has 0 unspecified atom stereocenters. The van der Waals surface area contributed by atoms with E-state index < -0.39 is 0 Å². The van der Waals surface area contributed by atoms with Crippen molar-refractivity contribution in [3.63, 3.8) is 0 Å². The van der Waals surface area contributed by atoms with Crippen LogP contribution in [0.5, 0.6) is 23.0 Å². The van der Waals surface area contributed by atoms with Crippen molar-refractivity contribution >= 4 is 5.78 Å². The smallest absolute Gasteiger partial charge is 0.225 e. The number of benzene rings is 2. The number of rotatable bonds is 7. The highest BCUT2D eigenvalue weighted by molar-refractivity contribution is 6.11. The fourth-order valence-corrected chi connectivity index (χ4v) is 2.75. The van der Waals surface area contributed by atoms with Crippen molar-refractivity contribution in [2.75, 3.05) is 28.4 Å². The van der Waals surface area contributed by atoms with Gasteiger partial charge in [0.15, 0.2) is 17.3 Å². The van der Waals surface area contributed by atoms with Crippen molar-refractivity contribution in [3.8, 4) is 34.5 Å². The molecule has 1 aromatic heterocycles. The highest BCUT2D eigenvalue weighted by Gasteiger charge is 2.21. The van der Waals surface area contributed by atoms with Crippen LogP contribution < -0.4 is 18.9 Å². The third kappa shape index (κ3) is 3.44. The summed E-state index contributed by atoms with van der Waals surface area (Å²) in [6.45, 7) is 0. The lowest BCUT2D eigenvalue weighted by Gasteiger charge is -2.14. The second kappa shape index (κ2) is 7.82. The van der Waals surface area contributed by atoms with Gasteiger partial charge in [-0.25, -0.2) is 4.98 Å². The van der Waals surface area contributed by atoms with Crippen LogP contribution in [0.25, 0.3) is 11.5 Å². The number of carbonyl (C=O) groups excluding carboxylic acids is 1. The summed E-state index contributed by atoms with van der Waals surface area (Å²) in [5, 5.41) is 0. The van der Waals surface area contributed by atoms with Crippen molar-refractivity contribution in [3.05, 3.63) is 53.9 Å². The van der Waals surface area contributed by atoms with Gasteiger partial charge in [0.1, 0.15) is 12.0 Å². The van der Waals surface area contributed by atoms with Gasteiger partial charge in [0.25, 0.3) is 0 Å².